The van der Waals surface area contributed by atoms with Crippen molar-refractivity contribution >= 4 is 23.4 Å². The number of anilines is 2. The number of aromatic nitrogens is 3. The first-order chi connectivity index (χ1) is 9.79. The lowest BCUT2D eigenvalue weighted by atomic mass is 10.1. The van der Waals surface area contributed by atoms with Crippen LogP contribution < -0.4 is 10.6 Å². The summed E-state index contributed by atoms with van der Waals surface area (Å²) in [6.45, 7) is 0.760. The van der Waals surface area contributed by atoms with E-state index in [0.29, 0.717) is 12.0 Å². The summed E-state index contributed by atoms with van der Waals surface area (Å²) in [4.78, 5) is 4.38. The maximum atomic E-state index is 5.85. The third kappa shape index (κ3) is 3.81. The Labute approximate surface area is 122 Å². The number of nitrogens with one attached hydrogen (secondary N) is 2. The average Bonchev–Trinajstić information content (AvgIpc) is 3.26. The standard InChI is InChI=1S/C14H16ClN5/c15-11-3-1-10(2-4-11)7-8-16-14-19-13(9-17-20-14)18-12-5-6-12/h1-4,9,12H,5-8H2,(H2,16,18,19,20). The predicted molar refractivity (Wildman–Crippen MR) is 80.1 cm³/mol. The number of halogens is 1. The van der Waals surface area contributed by atoms with Crippen LogP contribution in [0.2, 0.25) is 5.02 Å². The molecule has 1 aliphatic rings. The molecule has 0 saturated heterocycles. The van der Waals surface area contributed by atoms with E-state index in [1.165, 1.54) is 18.4 Å². The van der Waals surface area contributed by atoms with Gasteiger partial charge in [-0.05, 0) is 37.0 Å². The summed E-state index contributed by atoms with van der Waals surface area (Å²) in [5, 5.41) is 15.2. The highest BCUT2D eigenvalue weighted by Crippen LogP contribution is 2.23. The largest absolute Gasteiger partial charge is 0.366 e. The Balaban J connectivity index is 1.51. The van der Waals surface area contributed by atoms with Gasteiger partial charge in [-0.3, -0.25) is 0 Å². The molecule has 1 aromatic carbocycles. The molecule has 0 aliphatic heterocycles. The van der Waals surface area contributed by atoms with Crippen LogP contribution in [0.5, 0.6) is 0 Å². The molecule has 1 heterocycles. The van der Waals surface area contributed by atoms with Gasteiger partial charge in [0.25, 0.3) is 0 Å². The Morgan fingerprint density at radius 1 is 1.20 bits per heavy atom. The third-order valence-electron chi connectivity index (χ3n) is 3.10. The number of hydrogen-bond donors (Lipinski definition) is 2. The number of nitrogens with zero attached hydrogens (tertiary/aromatic N) is 3. The lowest BCUT2D eigenvalue weighted by Crippen LogP contribution is -2.11. The first-order valence-electron chi connectivity index (χ1n) is 6.74. The SMILES string of the molecule is Clc1ccc(CCNc2nncc(NC3CC3)n2)cc1. The smallest absolute Gasteiger partial charge is 0.244 e. The third-order valence-corrected chi connectivity index (χ3v) is 3.35. The van der Waals surface area contributed by atoms with Crippen molar-refractivity contribution in [2.75, 3.05) is 17.2 Å². The molecule has 2 aromatic rings. The molecular weight excluding hydrogens is 274 g/mol. The molecule has 1 aliphatic carbocycles. The number of hydrogen-bond acceptors (Lipinski definition) is 5. The summed E-state index contributed by atoms with van der Waals surface area (Å²) in [6, 6.07) is 8.40. The highest BCUT2D eigenvalue weighted by molar-refractivity contribution is 6.30. The normalized spacial score (nSPS) is 14.1. The van der Waals surface area contributed by atoms with E-state index in [1.54, 1.807) is 6.20 Å². The van der Waals surface area contributed by atoms with Crippen LogP contribution in [0.25, 0.3) is 0 Å². The molecular formula is C14H16ClN5. The highest BCUT2D eigenvalue weighted by Gasteiger charge is 2.21. The lowest BCUT2D eigenvalue weighted by molar-refractivity contribution is 0.920. The van der Waals surface area contributed by atoms with Crippen LogP contribution in [0.4, 0.5) is 11.8 Å². The summed E-state index contributed by atoms with van der Waals surface area (Å²) in [5.41, 5.74) is 1.22. The van der Waals surface area contributed by atoms with Crippen molar-refractivity contribution in [2.45, 2.75) is 25.3 Å². The molecule has 1 saturated carbocycles. The van der Waals surface area contributed by atoms with Gasteiger partial charge < -0.3 is 10.6 Å². The quantitative estimate of drug-likeness (QED) is 0.856. The van der Waals surface area contributed by atoms with E-state index in [-0.39, 0.29) is 0 Å². The van der Waals surface area contributed by atoms with Gasteiger partial charge in [0.1, 0.15) is 0 Å². The van der Waals surface area contributed by atoms with Crippen LogP contribution in [0.15, 0.2) is 30.5 Å². The highest BCUT2D eigenvalue weighted by atomic mass is 35.5. The maximum absolute atomic E-state index is 5.85. The maximum Gasteiger partial charge on any atom is 0.244 e. The Bertz CT molecular complexity index is 568. The summed E-state index contributed by atoms with van der Waals surface area (Å²) >= 11 is 5.85. The molecule has 1 aromatic heterocycles. The predicted octanol–water partition coefficient (Wildman–Crippen LogP) is 2.75. The minimum Gasteiger partial charge on any atom is -0.366 e. The molecule has 0 unspecified atom stereocenters. The number of rotatable bonds is 6. The van der Waals surface area contributed by atoms with Gasteiger partial charge in [0, 0.05) is 17.6 Å². The molecule has 20 heavy (non-hydrogen) atoms. The molecule has 3 rings (SSSR count). The van der Waals surface area contributed by atoms with Crippen LogP contribution >= 0.6 is 11.6 Å². The van der Waals surface area contributed by atoms with E-state index in [1.807, 2.05) is 24.3 Å². The fourth-order valence-electron chi connectivity index (χ4n) is 1.85. The Morgan fingerprint density at radius 3 is 2.75 bits per heavy atom. The van der Waals surface area contributed by atoms with E-state index >= 15 is 0 Å². The molecule has 5 nitrogen and oxygen atoms in total. The summed E-state index contributed by atoms with van der Waals surface area (Å²) in [6.07, 6.45) is 4.97. The minimum absolute atomic E-state index is 0.560. The second kappa shape index (κ2) is 6.05. The first kappa shape index (κ1) is 13.1. The van der Waals surface area contributed by atoms with Gasteiger partial charge in [0.15, 0.2) is 5.82 Å². The zero-order chi connectivity index (χ0) is 13.8. The first-order valence-corrected chi connectivity index (χ1v) is 7.12. The van der Waals surface area contributed by atoms with Crippen molar-refractivity contribution in [1.82, 2.24) is 15.2 Å². The van der Waals surface area contributed by atoms with Crippen molar-refractivity contribution in [1.29, 1.82) is 0 Å². The molecule has 0 amide bonds. The monoisotopic (exact) mass is 289 g/mol. The Hall–Kier alpha value is -1.88. The van der Waals surface area contributed by atoms with E-state index in [2.05, 4.69) is 25.8 Å². The summed E-state index contributed by atoms with van der Waals surface area (Å²) < 4.78 is 0. The second-order valence-corrected chi connectivity index (χ2v) is 5.32. The van der Waals surface area contributed by atoms with Gasteiger partial charge in [-0.1, -0.05) is 23.7 Å². The van der Waals surface area contributed by atoms with Crippen molar-refractivity contribution < 1.29 is 0 Å². The second-order valence-electron chi connectivity index (χ2n) is 4.89. The topological polar surface area (TPSA) is 62.7 Å². The van der Waals surface area contributed by atoms with Gasteiger partial charge in [0.05, 0.1) is 6.20 Å². The molecule has 0 radical (unpaired) electrons. The Morgan fingerprint density at radius 2 is 2.00 bits per heavy atom. The molecule has 0 spiro atoms. The zero-order valence-corrected chi connectivity index (χ0v) is 11.8. The van der Waals surface area contributed by atoms with Gasteiger partial charge in [-0.15, -0.1) is 5.10 Å². The van der Waals surface area contributed by atoms with Crippen LogP contribution in [-0.2, 0) is 6.42 Å². The lowest BCUT2D eigenvalue weighted by Gasteiger charge is -2.07. The molecule has 104 valence electrons. The van der Waals surface area contributed by atoms with E-state index in [0.717, 1.165) is 23.8 Å². The van der Waals surface area contributed by atoms with Crippen LogP contribution in [0.1, 0.15) is 18.4 Å². The molecule has 1 fully saturated rings. The fraction of sp³-hybridized carbons (Fsp3) is 0.357. The van der Waals surface area contributed by atoms with Crippen LogP contribution in [-0.4, -0.2) is 27.8 Å². The zero-order valence-electron chi connectivity index (χ0n) is 11.0. The van der Waals surface area contributed by atoms with E-state index in [4.69, 9.17) is 11.6 Å². The van der Waals surface area contributed by atoms with E-state index in [9.17, 15) is 0 Å². The van der Waals surface area contributed by atoms with Crippen molar-refractivity contribution in [3.63, 3.8) is 0 Å². The minimum atomic E-state index is 0.560. The van der Waals surface area contributed by atoms with Crippen molar-refractivity contribution in [3.05, 3.63) is 41.0 Å². The molecule has 2 N–H and O–H groups in total. The van der Waals surface area contributed by atoms with Crippen LogP contribution in [0, 0.1) is 0 Å². The van der Waals surface area contributed by atoms with Crippen LogP contribution in [0.3, 0.4) is 0 Å². The van der Waals surface area contributed by atoms with Gasteiger partial charge in [0.2, 0.25) is 5.95 Å². The van der Waals surface area contributed by atoms with Crippen molar-refractivity contribution in [2.24, 2.45) is 0 Å². The van der Waals surface area contributed by atoms with Crippen molar-refractivity contribution in [3.8, 4) is 0 Å². The van der Waals surface area contributed by atoms with Gasteiger partial charge in [-0.2, -0.15) is 10.1 Å². The number of benzene rings is 1. The van der Waals surface area contributed by atoms with Gasteiger partial charge >= 0.3 is 0 Å². The van der Waals surface area contributed by atoms with E-state index < -0.39 is 0 Å². The fourth-order valence-corrected chi connectivity index (χ4v) is 1.98. The molecule has 0 atom stereocenters. The van der Waals surface area contributed by atoms with Gasteiger partial charge in [-0.25, -0.2) is 0 Å². The summed E-state index contributed by atoms with van der Waals surface area (Å²) in [7, 11) is 0. The average molecular weight is 290 g/mol. The molecule has 6 heteroatoms. The Kier molecular flexibility index (Phi) is 3.97. The summed E-state index contributed by atoms with van der Waals surface area (Å²) in [5.74, 6) is 1.35. The molecule has 0 bridgehead atoms.